The van der Waals surface area contributed by atoms with Gasteiger partial charge in [-0.1, -0.05) is 0 Å². The topological polar surface area (TPSA) is 32.3 Å². The van der Waals surface area contributed by atoms with Crippen molar-refractivity contribution in [2.24, 2.45) is 0 Å². The molecule has 1 fully saturated rings. The predicted octanol–water partition coefficient (Wildman–Crippen LogP) is -0.271. The average molecular weight is 102 g/mol. The molecule has 1 heterocycles. The molecule has 2 atom stereocenters. The van der Waals surface area contributed by atoms with Gasteiger partial charge in [0.1, 0.15) is 0 Å². The molecule has 2 nitrogen and oxygen atoms in total. The van der Waals surface area contributed by atoms with Crippen LogP contribution < -0.4 is 5.32 Å². The summed E-state index contributed by atoms with van der Waals surface area (Å²) in [5.74, 6) is 0. The summed E-state index contributed by atoms with van der Waals surface area (Å²) in [6.45, 7) is 1.06. The first-order valence-electron chi connectivity index (χ1n) is 3.24. The largest absolute Gasteiger partial charge is 0.392 e. The van der Waals surface area contributed by atoms with Crippen molar-refractivity contribution in [3.63, 3.8) is 0 Å². The van der Waals surface area contributed by atoms with E-state index in [9.17, 15) is 0 Å². The Morgan fingerprint density at radius 3 is 3.14 bits per heavy atom. The smallest absolute Gasteiger partial charge is 0.0679 e. The van der Waals surface area contributed by atoms with Gasteiger partial charge in [0.05, 0.1) is 6.10 Å². The Bertz CT molecular complexity index is 78.8. The predicted molar refractivity (Wildman–Crippen MR) is 28.1 cm³/mol. The van der Waals surface area contributed by atoms with Crippen molar-refractivity contribution in [3.8, 4) is 0 Å². The minimum Gasteiger partial charge on any atom is -0.392 e. The fourth-order valence-corrected chi connectivity index (χ4v) is 0.798. The summed E-state index contributed by atoms with van der Waals surface area (Å²) in [6, 6.07) is 0.241. The molecule has 1 aliphatic rings. The molecule has 1 saturated heterocycles. The van der Waals surface area contributed by atoms with Crippen LogP contribution in [-0.4, -0.2) is 23.8 Å². The summed E-state index contributed by atoms with van der Waals surface area (Å²) in [4.78, 5) is 0. The van der Waals surface area contributed by atoms with E-state index in [0.717, 1.165) is 6.42 Å². The summed E-state index contributed by atoms with van der Waals surface area (Å²) in [6.07, 6.45) is 0.550. The SMILES string of the molecule is [2H]C[C@@H]1C[C@@H](O)CN1. The normalized spacial score (nSPS) is 43.9. The third kappa shape index (κ3) is 1.14. The van der Waals surface area contributed by atoms with Crippen LogP contribution in [-0.2, 0) is 0 Å². The highest BCUT2D eigenvalue weighted by molar-refractivity contribution is 4.76. The first kappa shape index (κ1) is 3.87. The zero-order valence-corrected chi connectivity index (χ0v) is 4.22. The molecule has 0 radical (unpaired) electrons. The first-order valence-corrected chi connectivity index (χ1v) is 2.53. The number of nitrogens with one attached hydrogen (secondary N) is 1. The van der Waals surface area contributed by atoms with E-state index in [1.165, 1.54) is 0 Å². The van der Waals surface area contributed by atoms with Crippen molar-refractivity contribution in [3.05, 3.63) is 0 Å². The minimum atomic E-state index is -0.203. The van der Waals surface area contributed by atoms with Crippen LogP contribution in [0.4, 0.5) is 0 Å². The van der Waals surface area contributed by atoms with E-state index < -0.39 is 0 Å². The van der Waals surface area contributed by atoms with Gasteiger partial charge < -0.3 is 10.4 Å². The van der Waals surface area contributed by atoms with Gasteiger partial charge in [-0.05, 0) is 13.3 Å². The van der Waals surface area contributed by atoms with Gasteiger partial charge in [0.15, 0.2) is 0 Å². The molecule has 2 heteroatoms. The number of rotatable bonds is 0. The van der Waals surface area contributed by atoms with Crippen LogP contribution in [0.25, 0.3) is 0 Å². The molecular formula is C5H11NO. The van der Waals surface area contributed by atoms with E-state index in [1.807, 2.05) is 0 Å². The van der Waals surface area contributed by atoms with Crippen molar-refractivity contribution < 1.29 is 6.48 Å². The lowest BCUT2D eigenvalue weighted by Gasteiger charge is -1.95. The van der Waals surface area contributed by atoms with Gasteiger partial charge in [0.2, 0.25) is 0 Å². The summed E-state index contributed by atoms with van der Waals surface area (Å²) < 4.78 is 6.92. The summed E-state index contributed by atoms with van der Waals surface area (Å²) >= 11 is 0. The molecule has 7 heavy (non-hydrogen) atoms. The van der Waals surface area contributed by atoms with Crippen molar-refractivity contribution in [1.82, 2.24) is 5.32 Å². The van der Waals surface area contributed by atoms with Gasteiger partial charge in [0.25, 0.3) is 0 Å². The maximum Gasteiger partial charge on any atom is 0.0679 e. The molecular weight excluding hydrogens is 90.1 g/mol. The monoisotopic (exact) mass is 102 g/mol. The van der Waals surface area contributed by atoms with Gasteiger partial charge in [-0.15, -0.1) is 0 Å². The Morgan fingerprint density at radius 1 is 2.00 bits per heavy atom. The van der Waals surface area contributed by atoms with Crippen molar-refractivity contribution in [2.75, 3.05) is 6.54 Å². The standard InChI is InChI=1S/C5H11NO/c1-4-2-5(7)3-6-4/h4-7H,2-3H2,1H3/t4-,5-/m1/s1/i1D. The van der Waals surface area contributed by atoms with E-state index in [-0.39, 0.29) is 12.1 Å². The van der Waals surface area contributed by atoms with E-state index in [2.05, 4.69) is 5.32 Å². The highest BCUT2D eigenvalue weighted by Crippen LogP contribution is 2.03. The Hall–Kier alpha value is -0.0800. The zero-order chi connectivity index (χ0) is 5.98. The lowest BCUT2D eigenvalue weighted by molar-refractivity contribution is 0.194. The Morgan fingerprint density at radius 2 is 2.86 bits per heavy atom. The number of aliphatic hydroxyl groups is 1. The molecule has 0 saturated carbocycles. The van der Waals surface area contributed by atoms with Gasteiger partial charge in [-0.3, -0.25) is 0 Å². The first-order chi connectivity index (χ1) is 3.83. The lowest BCUT2D eigenvalue weighted by atomic mass is 10.2. The molecule has 2 N–H and O–H groups in total. The second kappa shape index (κ2) is 1.80. The van der Waals surface area contributed by atoms with Gasteiger partial charge in [0, 0.05) is 14.0 Å². The van der Waals surface area contributed by atoms with Crippen LogP contribution in [0.2, 0.25) is 0 Å². The van der Waals surface area contributed by atoms with Crippen molar-refractivity contribution >= 4 is 0 Å². The van der Waals surface area contributed by atoms with Gasteiger partial charge >= 0.3 is 0 Å². The Kier molecular flexibility index (Phi) is 0.995. The molecule has 0 aliphatic carbocycles. The van der Waals surface area contributed by atoms with Gasteiger partial charge in [-0.25, -0.2) is 0 Å². The maximum absolute atomic E-state index is 8.88. The molecule has 0 unspecified atom stereocenters. The van der Waals surface area contributed by atoms with Crippen molar-refractivity contribution in [2.45, 2.75) is 25.5 Å². The van der Waals surface area contributed by atoms with Crippen LogP contribution in [0.15, 0.2) is 0 Å². The summed E-state index contributed by atoms with van der Waals surface area (Å²) in [5.41, 5.74) is 0. The number of hydrogen-bond acceptors (Lipinski definition) is 2. The zero-order valence-electron chi connectivity index (χ0n) is 5.22. The molecule has 0 aromatic carbocycles. The number of hydrogen-bond donors (Lipinski definition) is 2. The van der Waals surface area contributed by atoms with E-state index in [4.69, 9.17) is 6.48 Å². The molecule has 0 aromatic rings. The summed E-state index contributed by atoms with van der Waals surface area (Å²) in [5, 5.41) is 11.9. The van der Waals surface area contributed by atoms with E-state index in [1.54, 1.807) is 0 Å². The molecule has 1 aliphatic heterocycles. The second-order valence-corrected chi connectivity index (χ2v) is 1.99. The van der Waals surface area contributed by atoms with Crippen LogP contribution >= 0.6 is 0 Å². The number of β-amino-alcohol motifs (C(OH)–C–C–N with tert-alkyl or cyclic N) is 1. The van der Waals surface area contributed by atoms with E-state index in [0.29, 0.717) is 13.4 Å². The molecule has 42 valence electrons. The molecule has 0 amide bonds. The third-order valence-electron chi connectivity index (χ3n) is 1.20. The fourth-order valence-electron chi connectivity index (χ4n) is 0.798. The number of aliphatic hydroxyl groups excluding tert-OH is 1. The van der Waals surface area contributed by atoms with Crippen LogP contribution in [0.5, 0.6) is 0 Å². The van der Waals surface area contributed by atoms with Crippen LogP contribution in [0.3, 0.4) is 0 Å². The molecule has 0 spiro atoms. The van der Waals surface area contributed by atoms with Crippen LogP contribution in [0.1, 0.15) is 14.7 Å². The molecule has 0 aromatic heterocycles. The molecule has 0 bridgehead atoms. The second-order valence-electron chi connectivity index (χ2n) is 1.99. The third-order valence-corrected chi connectivity index (χ3v) is 1.20. The molecule has 1 rings (SSSR count). The quantitative estimate of drug-likeness (QED) is 0.441. The Labute approximate surface area is 44.9 Å². The van der Waals surface area contributed by atoms with Crippen molar-refractivity contribution in [1.29, 1.82) is 0 Å². The fraction of sp³-hybridized carbons (Fsp3) is 1.00. The minimum absolute atomic E-state index is 0.203. The van der Waals surface area contributed by atoms with Gasteiger partial charge in [-0.2, -0.15) is 0 Å². The lowest BCUT2D eigenvalue weighted by Crippen LogP contribution is -2.17. The van der Waals surface area contributed by atoms with E-state index >= 15 is 0 Å². The average Bonchev–Trinajstić information content (AvgIpc) is 2.14. The Balaban J connectivity index is 2.22. The highest BCUT2D eigenvalue weighted by atomic mass is 16.3. The maximum atomic E-state index is 8.88. The van der Waals surface area contributed by atoms with Crippen LogP contribution in [0, 0.1) is 0 Å². The highest BCUT2D eigenvalue weighted by Gasteiger charge is 2.16. The summed E-state index contributed by atoms with van der Waals surface area (Å²) in [7, 11) is 0.